The van der Waals surface area contributed by atoms with Crippen LogP contribution in [0.25, 0.3) is 0 Å². The first-order valence-electron chi connectivity index (χ1n) is 7.17. The lowest BCUT2D eigenvalue weighted by atomic mass is 10.2. The summed E-state index contributed by atoms with van der Waals surface area (Å²) in [5.41, 5.74) is 0.871. The maximum absolute atomic E-state index is 13.0. The highest BCUT2D eigenvalue weighted by Crippen LogP contribution is 2.18. The number of hydrogen-bond donors (Lipinski definition) is 1. The first-order valence-corrected chi connectivity index (χ1v) is 7.55. The van der Waals surface area contributed by atoms with Crippen molar-refractivity contribution < 1.29 is 9.18 Å². The number of hydrogen-bond acceptors (Lipinski definition) is 3. The third kappa shape index (κ3) is 4.95. The summed E-state index contributed by atoms with van der Waals surface area (Å²) in [5.74, 6) is -0.145. The van der Waals surface area contributed by atoms with Crippen LogP contribution >= 0.6 is 11.6 Å². The second kappa shape index (κ2) is 7.73. The van der Waals surface area contributed by atoms with E-state index >= 15 is 0 Å². The van der Waals surface area contributed by atoms with E-state index in [1.54, 1.807) is 6.07 Å². The lowest BCUT2D eigenvalue weighted by Crippen LogP contribution is -2.47. The second-order valence-electron chi connectivity index (χ2n) is 5.35. The molecular weight excluding hydrogens is 293 g/mol. The number of nitrogens with one attached hydrogen (secondary N) is 1. The van der Waals surface area contributed by atoms with Gasteiger partial charge in [0.2, 0.25) is 5.91 Å². The molecule has 1 fully saturated rings. The van der Waals surface area contributed by atoms with Crippen molar-refractivity contribution in [2.45, 2.75) is 13.0 Å². The monoisotopic (exact) mass is 313 g/mol. The Balaban J connectivity index is 1.78. The van der Waals surface area contributed by atoms with Gasteiger partial charge >= 0.3 is 0 Å². The van der Waals surface area contributed by atoms with Crippen LogP contribution in [0.2, 0.25) is 5.02 Å². The van der Waals surface area contributed by atoms with Gasteiger partial charge in [0, 0.05) is 50.7 Å². The molecule has 0 saturated carbocycles. The normalized spacial score (nSPS) is 15.5. The fourth-order valence-electron chi connectivity index (χ4n) is 2.38. The highest BCUT2D eigenvalue weighted by molar-refractivity contribution is 6.31. The van der Waals surface area contributed by atoms with Crippen molar-refractivity contribution >= 4 is 17.5 Å². The van der Waals surface area contributed by atoms with Crippen LogP contribution in [-0.2, 0) is 11.3 Å². The van der Waals surface area contributed by atoms with E-state index in [0.717, 1.165) is 31.7 Å². The van der Waals surface area contributed by atoms with Crippen molar-refractivity contribution in [1.82, 2.24) is 15.1 Å². The predicted molar refractivity (Wildman–Crippen MR) is 81.8 cm³/mol. The van der Waals surface area contributed by atoms with Gasteiger partial charge in [0.05, 0.1) is 0 Å². The molecule has 1 heterocycles. The minimum Gasteiger partial charge on any atom is -0.340 e. The fraction of sp³-hybridized carbons (Fsp3) is 0.533. The van der Waals surface area contributed by atoms with Gasteiger partial charge in [-0.2, -0.15) is 0 Å². The van der Waals surface area contributed by atoms with Crippen molar-refractivity contribution in [2.24, 2.45) is 0 Å². The van der Waals surface area contributed by atoms with Crippen LogP contribution in [0, 0.1) is 5.82 Å². The molecule has 1 aromatic carbocycles. The topological polar surface area (TPSA) is 35.6 Å². The van der Waals surface area contributed by atoms with Gasteiger partial charge in [0.25, 0.3) is 0 Å². The summed E-state index contributed by atoms with van der Waals surface area (Å²) in [4.78, 5) is 16.0. The summed E-state index contributed by atoms with van der Waals surface area (Å²) in [7, 11) is 1.94. The zero-order valence-corrected chi connectivity index (χ0v) is 13.0. The summed E-state index contributed by atoms with van der Waals surface area (Å²) in [6, 6.07) is 4.41. The van der Waals surface area contributed by atoms with E-state index in [0.29, 0.717) is 24.5 Å². The Morgan fingerprint density at radius 2 is 2.14 bits per heavy atom. The van der Waals surface area contributed by atoms with E-state index < -0.39 is 0 Å². The Morgan fingerprint density at radius 3 is 2.81 bits per heavy atom. The number of amides is 1. The SMILES string of the molecule is CN(CCC(=O)N1CCNCC1)Cc1ccc(F)cc1Cl. The number of carbonyl (C=O) groups excluding carboxylic acids is 1. The van der Waals surface area contributed by atoms with Crippen LogP contribution in [0.15, 0.2) is 18.2 Å². The Bertz CT molecular complexity index is 492. The molecule has 1 saturated heterocycles. The van der Waals surface area contributed by atoms with E-state index in [1.807, 2.05) is 16.8 Å². The number of halogens is 2. The quantitative estimate of drug-likeness (QED) is 0.899. The van der Waals surface area contributed by atoms with Gasteiger partial charge in [0.1, 0.15) is 5.82 Å². The highest BCUT2D eigenvalue weighted by atomic mass is 35.5. The first kappa shape index (κ1) is 16.2. The van der Waals surface area contributed by atoms with Crippen molar-refractivity contribution in [1.29, 1.82) is 0 Å². The molecule has 0 radical (unpaired) electrons. The zero-order valence-electron chi connectivity index (χ0n) is 12.2. The van der Waals surface area contributed by atoms with E-state index in [2.05, 4.69) is 5.32 Å². The zero-order chi connectivity index (χ0) is 15.2. The molecule has 1 amide bonds. The van der Waals surface area contributed by atoms with Gasteiger partial charge in [-0.3, -0.25) is 4.79 Å². The number of benzene rings is 1. The Hall–Kier alpha value is -1.17. The lowest BCUT2D eigenvalue weighted by molar-refractivity contribution is -0.132. The van der Waals surface area contributed by atoms with Crippen LogP contribution in [0.4, 0.5) is 4.39 Å². The van der Waals surface area contributed by atoms with Crippen molar-refractivity contribution in [3.63, 3.8) is 0 Å². The van der Waals surface area contributed by atoms with Crippen molar-refractivity contribution in [3.05, 3.63) is 34.6 Å². The Kier molecular flexibility index (Phi) is 5.96. The third-order valence-corrected chi connectivity index (χ3v) is 3.98. The molecule has 0 aromatic heterocycles. The van der Waals surface area contributed by atoms with E-state index in [9.17, 15) is 9.18 Å². The molecule has 2 rings (SSSR count). The summed E-state index contributed by atoms with van der Waals surface area (Å²) < 4.78 is 13.0. The summed E-state index contributed by atoms with van der Waals surface area (Å²) in [6.07, 6.45) is 0.495. The minimum absolute atomic E-state index is 0.188. The average molecular weight is 314 g/mol. The molecule has 6 heteroatoms. The van der Waals surface area contributed by atoms with E-state index in [4.69, 9.17) is 11.6 Å². The highest BCUT2D eigenvalue weighted by Gasteiger charge is 2.16. The largest absolute Gasteiger partial charge is 0.340 e. The maximum atomic E-state index is 13.0. The smallest absolute Gasteiger partial charge is 0.223 e. The van der Waals surface area contributed by atoms with Gasteiger partial charge in [-0.05, 0) is 24.7 Å². The van der Waals surface area contributed by atoms with Crippen LogP contribution in [0.3, 0.4) is 0 Å². The van der Waals surface area contributed by atoms with Crippen LogP contribution in [0.1, 0.15) is 12.0 Å². The van der Waals surface area contributed by atoms with Gasteiger partial charge in [-0.25, -0.2) is 4.39 Å². The van der Waals surface area contributed by atoms with Crippen molar-refractivity contribution in [2.75, 3.05) is 39.8 Å². The van der Waals surface area contributed by atoms with Crippen LogP contribution in [0.5, 0.6) is 0 Å². The number of rotatable bonds is 5. The molecule has 0 aliphatic carbocycles. The molecule has 1 aliphatic heterocycles. The number of carbonyl (C=O) groups is 1. The fourth-order valence-corrected chi connectivity index (χ4v) is 2.61. The molecule has 0 unspecified atom stereocenters. The molecule has 4 nitrogen and oxygen atoms in total. The van der Waals surface area contributed by atoms with E-state index in [-0.39, 0.29) is 11.7 Å². The maximum Gasteiger partial charge on any atom is 0.223 e. The second-order valence-corrected chi connectivity index (χ2v) is 5.76. The average Bonchev–Trinajstić information content (AvgIpc) is 2.48. The van der Waals surface area contributed by atoms with Gasteiger partial charge in [0.15, 0.2) is 0 Å². The Labute approximate surface area is 129 Å². The van der Waals surface area contributed by atoms with Gasteiger partial charge in [-0.15, -0.1) is 0 Å². The summed E-state index contributed by atoms with van der Waals surface area (Å²) in [5, 5.41) is 3.65. The Morgan fingerprint density at radius 1 is 1.43 bits per heavy atom. The molecule has 0 atom stereocenters. The molecular formula is C15H21ClFN3O. The molecule has 21 heavy (non-hydrogen) atoms. The molecule has 1 aromatic rings. The molecule has 1 aliphatic rings. The van der Waals surface area contributed by atoms with E-state index in [1.165, 1.54) is 12.1 Å². The van der Waals surface area contributed by atoms with Crippen molar-refractivity contribution in [3.8, 4) is 0 Å². The standard InChI is InChI=1S/C15H21ClFN3O/c1-19(11-12-2-3-13(17)10-14(12)16)7-4-15(21)20-8-5-18-6-9-20/h2-3,10,18H,4-9,11H2,1H3. The molecule has 0 spiro atoms. The predicted octanol–water partition coefficient (Wildman–Crippen LogP) is 1.73. The molecule has 116 valence electrons. The number of piperazine rings is 1. The van der Waals surface area contributed by atoms with Gasteiger partial charge in [-0.1, -0.05) is 17.7 Å². The summed E-state index contributed by atoms with van der Waals surface area (Å²) in [6.45, 7) is 4.57. The van der Waals surface area contributed by atoms with Crippen LogP contribution < -0.4 is 5.32 Å². The first-order chi connectivity index (χ1) is 10.1. The van der Waals surface area contributed by atoms with Gasteiger partial charge < -0.3 is 15.1 Å². The summed E-state index contributed by atoms with van der Waals surface area (Å²) >= 11 is 6.01. The third-order valence-electron chi connectivity index (χ3n) is 3.63. The number of nitrogens with zero attached hydrogens (tertiary/aromatic N) is 2. The van der Waals surface area contributed by atoms with Crippen LogP contribution in [-0.4, -0.2) is 55.5 Å². The molecule has 0 bridgehead atoms. The molecule has 1 N–H and O–H groups in total. The lowest BCUT2D eigenvalue weighted by Gasteiger charge is -2.28. The minimum atomic E-state index is -0.333.